The molecule has 0 rings (SSSR count). The molecule has 0 heterocycles. The summed E-state index contributed by atoms with van der Waals surface area (Å²) in [7, 11) is 0. The van der Waals surface area contributed by atoms with Crippen molar-refractivity contribution in [1.82, 2.24) is 0 Å². The smallest absolute Gasteiger partial charge is 0.0540 e. The van der Waals surface area contributed by atoms with Crippen LogP contribution in [0.4, 0.5) is 0 Å². The van der Waals surface area contributed by atoms with Crippen LogP contribution in [0.25, 0.3) is 0 Å². The van der Waals surface area contributed by atoms with E-state index in [1.165, 1.54) is 19.3 Å². The summed E-state index contributed by atoms with van der Waals surface area (Å²) < 4.78 is 0. The van der Waals surface area contributed by atoms with Crippen molar-refractivity contribution in [2.45, 2.75) is 65.4 Å². The van der Waals surface area contributed by atoms with Crippen LogP contribution < -0.4 is 0 Å². The minimum atomic E-state index is -0.0426. The Bertz CT molecular complexity index is 89.0. The van der Waals surface area contributed by atoms with Crippen molar-refractivity contribution in [2.24, 2.45) is 5.92 Å². The molecule has 0 saturated heterocycles. The van der Waals surface area contributed by atoms with Crippen LogP contribution in [-0.4, -0.2) is 11.2 Å². The quantitative estimate of drug-likeness (QED) is 0.584. The molecule has 0 amide bonds. The zero-order valence-corrected chi connectivity index (χ0v) is 8.84. The van der Waals surface area contributed by atoms with Gasteiger partial charge < -0.3 is 5.11 Å². The van der Waals surface area contributed by atoms with E-state index in [4.69, 9.17) is 0 Å². The molecule has 1 atom stereocenters. The van der Waals surface area contributed by atoms with Gasteiger partial charge in [-0.25, -0.2) is 0 Å². The van der Waals surface area contributed by atoms with Crippen LogP contribution in [0.2, 0.25) is 0 Å². The van der Waals surface area contributed by atoms with Crippen LogP contribution in [0.5, 0.6) is 0 Å². The van der Waals surface area contributed by atoms with Crippen LogP contribution >= 0.6 is 0 Å². The normalized spacial score (nSPS) is 13.8. The molecule has 0 saturated carbocycles. The first kappa shape index (κ1) is 12.0. The molecule has 0 fully saturated rings. The Labute approximate surface area is 77.2 Å². The van der Waals surface area contributed by atoms with Crippen LogP contribution in [-0.2, 0) is 0 Å². The molecule has 0 aromatic heterocycles. The fourth-order valence-electron chi connectivity index (χ4n) is 1.30. The highest BCUT2D eigenvalue weighted by Gasteiger charge is 2.04. The van der Waals surface area contributed by atoms with E-state index in [2.05, 4.69) is 20.8 Å². The van der Waals surface area contributed by atoms with Gasteiger partial charge >= 0.3 is 0 Å². The summed E-state index contributed by atoms with van der Waals surface area (Å²) in [5, 5.41) is 9.52. The molecule has 0 aliphatic carbocycles. The van der Waals surface area contributed by atoms with E-state index in [-0.39, 0.29) is 6.10 Å². The highest BCUT2D eigenvalue weighted by atomic mass is 16.3. The molecule has 1 nitrogen and oxygen atoms in total. The molecule has 0 aromatic carbocycles. The SMILES string of the molecule is CCCCCC(O)CCC(C)C. The van der Waals surface area contributed by atoms with Gasteiger partial charge in [0.15, 0.2) is 0 Å². The molecule has 74 valence electrons. The predicted molar refractivity (Wildman–Crippen MR) is 54.2 cm³/mol. The Hall–Kier alpha value is -0.0400. The number of unbranched alkanes of at least 4 members (excludes halogenated alkanes) is 2. The molecule has 1 heteroatoms. The van der Waals surface area contributed by atoms with Crippen molar-refractivity contribution in [2.75, 3.05) is 0 Å². The molecule has 0 aromatic rings. The van der Waals surface area contributed by atoms with Crippen molar-refractivity contribution in [3.8, 4) is 0 Å². The molecular formula is C11H24O. The number of rotatable bonds is 7. The monoisotopic (exact) mass is 172 g/mol. The van der Waals surface area contributed by atoms with Gasteiger partial charge in [0, 0.05) is 0 Å². The molecule has 12 heavy (non-hydrogen) atoms. The van der Waals surface area contributed by atoms with E-state index in [1.807, 2.05) is 0 Å². The van der Waals surface area contributed by atoms with Gasteiger partial charge in [0.2, 0.25) is 0 Å². The summed E-state index contributed by atoms with van der Waals surface area (Å²) >= 11 is 0. The largest absolute Gasteiger partial charge is 0.393 e. The van der Waals surface area contributed by atoms with Crippen molar-refractivity contribution in [3.05, 3.63) is 0 Å². The second kappa shape index (κ2) is 7.60. The van der Waals surface area contributed by atoms with Gasteiger partial charge in [-0.15, -0.1) is 0 Å². The van der Waals surface area contributed by atoms with Crippen LogP contribution in [0.3, 0.4) is 0 Å². The summed E-state index contributed by atoms with van der Waals surface area (Å²) in [5.41, 5.74) is 0. The van der Waals surface area contributed by atoms with E-state index >= 15 is 0 Å². The number of hydrogen-bond donors (Lipinski definition) is 1. The standard InChI is InChI=1S/C11H24O/c1-4-5-6-7-11(12)9-8-10(2)3/h10-12H,4-9H2,1-3H3. The lowest BCUT2D eigenvalue weighted by molar-refractivity contribution is 0.143. The van der Waals surface area contributed by atoms with Gasteiger partial charge in [-0.3, -0.25) is 0 Å². The van der Waals surface area contributed by atoms with Crippen LogP contribution in [0.15, 0.2) is 0 Å². The Kier molecular flexibility index (Phi) is 7.58. The third kappa shape index (κ3) is 8.06. The van der Waals surface area contributed by atoms with Gasteiger partial charge in [0.25, 0.3) is 0 Å². The molecule has 0 bridgehead atoms. The molecule has 0 aliphatic rings. The fourth-order valence-corrected chi connectivity index (χ4v) is 1.30. The lowest BCUT2D eigenvalue weighted by atomic mass is 10.0. The van der Waals surface area contributed by atoms with Crippen LogP contribution in [0.1, 0.15) is 59.3 Å². The van der Waals surface area contributed by atoms with Gasteiger partial charge in [0.1, 0.15) is 0 Å². The molecule has 0 radical (unpaired) electrons. The highest BCUT2D eigenvalue weighted by molar-refractivity contribution is 4.57. The minimum absolute atomic E-state index is 0.0426. The first-order valence-electron chi connectivity index (χ1n) is 5.34. The maximum Gasteiger partial charge on any atom is 0.0540 e. The van der Waals surface area contributed by atoms with Gasteiger partial charge in [-0.1, -0.05) is 40.0 Å². The lowest BCUT2D eigenvalue weighted by Crippen LogP contribution is -2.07. The zero-order chi connectivity index (χ0) is 9.40. The first-order valence-corrected chi connectivity index (χ1v) is 5.34. The van der Waals surface area contributed by atoms with Crippen LogP contribution in [0, 0.1) is 5.92 Å². The molecule has 0 aliphatic heterocycles. The maximum absolute atomic E-state index is 9.52. The fraction of sp³-hybridized carbons (Fsp3) is 1.00. The van der Waals surface area contributed by atoms with Crippen molar-refractivity contribution < 1.29 is 5.11 Å². The number of aliphatic hydroxyl groups excluding tert-OH is 1. The average molecular weight is 172 g/mol. The molecule has 1 unspecified atom stereocenters. The van der Waals surface area contributed by atoms with E-state index < -0.39 is 0 Å². The Morgan fingerprint density at radius 3 is 2.17 bits per heavy atom. The number of aliphatic hydroxyl groups is 1. The van der Waals surface area contributed by atoms with E-state index in [1.54, 1.807) is 0 Å². The van der Waals surface area contributed by atoms with Gasteiger partial charge in [-0.05, 0) is 25.2 Å². The van der Waals surface area contributed by atoms with E-state index in [0.717, 1.165) is 25.2 Å². The summed E-state index contributed by atoms with van der Waals surface area (Å²) in [6, 6.07) is 0. The van der Waals surface area contributed by atoms with E-state index in [0.29, 0.717) is 0 Å². The summed E-state index contributed by atoms with van der Waals surface area (Å²) in [5.74, 6) is 0.728. The third-order valence-electron chi connectivity index (χ3n) is 2.22. The minimum Gasteiger partial charge on any atom is -0.393 e. The van der Waals surface area contributed by atoms with Gasteiger partial charge in [-0.2, -0.15) is 0 Å². The third-order valence-corrected chi connectivity index (χ3v) is 2.22. The average Bonchev–Trinajstić information content (AvgIpc) is 2.01. The Morgan fingerprint density at radius 2 is 1.67 bits per heavy atom. The van der Waals surface area contributed by atoms with Crippen molar-refractivity contribution in [1.29, 1.82) is 0 Å². The zero-order valence-electron chi connectivity index (χ0n) is 8.84. The van der Waals surface area contributed by atoms with Gasteiger partial charge in [0.05, 0.1) is 6.10 Å². The Morgan fingerprint density at radius 1 is 1.00 bits per heavy atom. The molecular weight excluding hydrogens is 148 g/mol. The lowest BCUT2D eigenvalue weighted by Gasteiger charge is -2.11. The highest BCUT2D eigenvalue weighted by Crippen LogP contribution is 2.11. The second-order valence-corrected chi connectivity index (χ2v) is 4.12. The number of hydrogen-bond acceptors (Lipinski definition) is 1. The summed E-state index contributed by atoms with van der Waals surface area (Å²) in [4.78, 5) is 0. The summed E-state index contributed by atoms with van der Waals surface area (Å²) in [6.07, 6.45) is 6.81. The van der Waals surface area contributed by atoms with Crippen molar-refractivity contribution >= 4 is 0 Å². The second-order valence-electron chi connectivity index (χ2n) is 4.12. The first-order chi connectivity index (χ1) is 5.66. The molecule has 1 N–H and O–H groups in total. The Balaban J connectivity index is 3.15. The predicted octanol–water partition coefficient (Wildman–Crippen LogP) is 3.36. The maximum atomic E-state index is 9.52. The van der Waals surface area contributed by atoms with E-state index in [9.17, 15) is 5.11 Å². The van der Waals surface area contributed by atoms with Crippen molar-refractivity contribution in [3.63, 3.8) is 0 Å². The molecule has 0 spiro atoms. The summed E-state index contributed by atoms with van der Waals surface area (Å²) in [6.45, 7) is 6.61. The topological polar surface area (TPSA) is 20.2 Å².